The van der Waals surface area contributed by atoms with E-state index in [0.29, 0.717) is 6.42 Å². The van der Waals surface area contributed by atoms with E-state index in [2.05, 4.69) is 26.1 Å². The molecule has 1 heterocycles. The Labute approximate surface area is 122 Å². The van der Waals surface area contributed by atoms with Crippen molar-refractivity contribution in [3.8, 4) is 0 Å². The first-order valence-electron chi connectivity index (χ1n) is 6.63. The molecule has 4 nitrogen and oxygen atoms in total. The van der Waals surface area contributed by atoms with Crippen molar-refractivity contribution in [3.05, 3.63) is 34.3 Å². The van der Waals surface area contributed by atoms with E-state index in [0.717, 1.165) is 36.2 Å². The van der Waals surface area contributed by atoms with Gasteiger partial charge in [-0.25, -0.2) is 0 Å². The van der Waals surface area contributed by atoms with Gasteiger partial charge in [0, 0.05) is 30.7 Å². The topological polar surface area (TPSA) is 58.4 Å². The molecule has 104 valence electrons. The first kappa shape index (κ1) is 14.5. The van der Waals surface area contributed by atoms with Crippen LogP contribution in [0.25, 0.3) is 0 Å². The Hall–Kier alpha value is -0.910. The third-order valence-electron chi connectivity index (χ3n) is 3.90. The molecule has 0 saturated carbocycles. The van der Waals surface area contributed by atoms with E-state index in [1.807, 2.05) is 31.2 Å². The van der Waals surface area contributed by atoms with Gasteiger partial charge in [-0.15, -0.1) is 0 Å². The zero-order valence-electron chi connectivity index (χ0n) is 11.2. The fourth-order valence-corrected chi connectivity index (χ4v) is 3.12. The van der Waals surface area contributed by atoms with Gasteiger partial charge in [0.1, 0.15) is 5.54 Å². The Morgan fingerprint density at radius 1 is 1.37 bits per heavy atom. The number of nitrogens with two attached hydrogens (primary N) is 1. The van der Waals surface area contributed by atoms with Crippen molar-refractivity contribution in [2.24, 2.45) is 5.73 Å². The van der Waals surface area contributed by atoms with Crippen LogP contribution in [0.15, 0.2) is 28.7 Å². The van der Waals surface area contributed by atoms with Crippen LogP contribution < -0.4 is 11.1 Å². The summed E-state index contributed by atoms with van der Waals surface area (Å²) in [4.78, 5) is 14.4. The highest BCUT2D eigenvalue weighted by atomic mass is 79.9. The molecule has 19 heavy (non-hydrogen) atoms. The summed E-state index contributed by atoms with van der Waals surface area (Å²) < 4.78 is 1.01. The SMILES string of the molecule is CCC(C(N)=O)(c1ccc(Br)cc1)N1CCNCC1. The molecule has 1 atom stereocenters. The van der Waals surface area contributed by atoms with Crippen LogP contribution in [0, 0.1) is 0 Å². The number of rotatable bonds is 4. The number of carbonyl (C=O) groups is 1. The van der Waals surface area contributed by atoms with Crippen LogP contribution in [0.5, 0.6) is 0 Å². The van der Waals surface area contributed by atoms with Crippen LogP contribution in [-0.2, 0) is 10.3 Å². The Bertz CT molecular complexity index is 443. The maximum Gasteiger partial charge on any atom is 0.242 e. The lowest BCUT2D eigenvalue weighted by molar-refractivity contribution is -0.132. The van der Waals surface area contributed by atoms with Crippen LogP contribution in [0.1, 0.15) is 18.9 Å². The van der Waals surface area contributed by atoms with Crippen molar-refractivity contribution in [1.29, 1.82) is 0 Å². The Morgan fingerprint density at radius 3 is 2.42 bits per heavy atom. The molecule has 5 heteroatoms. The van der Waals surface area contributed by atoms with E-state index in [1.54, 1.807) is 0 Å². The van der Waals surface area contributed by atoms with Gasteiger partial charge in [-0.2, -0.15) is 0 Å². The van der Waals surface area contributed by atoms with Crippen LogP contribution >= 0.6 is 15.9 Å². The molecule has 1 aromatic rings. The van der Waals surface area contributed by atoms with E-state index in [4.69, 9.17) is 5.73 Å². The first-order valence-corrected chi connectivity index (χ1v) is 7.42. The number of benzene rings is 1. The largest absolute Gasteiger partial charge is 0.368 e. The van der Waals surface area contributed by atoms with Gasteiger partial charge in [-0.05, 0) is 24.1 Å². The Balaban J connectivity index is 2.43. The van der Waals surface area contributed by atoms with E-state index in [9.17, 15) is 4.79 Å². The average Bonchev–Trinajstić information content (AvgIpc) is 2.43. The van der Waals surface area contributed by atoms with Crippen molar-refractivity contribution in [2.75, 3.05) is 26.2 Å². The quantitative estimate of drug-likeness (QED) is 0.880. The molecule has 1 fully saturated rings. The van der Waals surface area contributed by atoms with Gasteiger partial charge in [0.25, 0.3) is 0 Å². The predicted molar refractivity (Wildman–Crippen MR) is 79.7 cm³/mol. The van der Waals surface area contributed by atoms with Gasteiger partial charge in [-0.3, -0.25) is 9.69 Å². The van der Waals surface area contributed by atoms with Gasteiger partial charge in [0.15, 0.2) is 0 Å². The standard InChI is InChI=1S/C14H20BrN3O/c1-2-14(13(16)19,18-9-7-17-8-10-18)11-3-5-12(15)6-4-11/h3-6,17H,2,7-10H2,1H3,(H2,16,19). The fourth-order valence-electron chi connectivity index (χ4n) is 2.85. The third kappa shape index (κ3) is 2.68. The molecule has 2 rings (SSSR count). The molecule has 1 aliphatic heterocycles. The van der Waals surface area contributed by atoms with Gasteiger partial charge < -0.3 is 11.1 Å². The lowest BCUT2D eigenvalue weighted by Crippen LogP contribution is -2.59. The summed E-state index contributed by atoms with van der Waals surface area (Å²) >= 11 is 3.43. The molecular weight excluding hydrogens is 306 g/mol. The average molecular weight is 326 g/mol. The number of nitrogens with one attached hydrogen (secondary N) is 1. The zero-order chi connectivity index (χ0) is 13.9. The van der Waals surface area contributed by atoms with Crippen LogP contribution in [-0.4, -0.2) is 37.0 Å². The van der Waals surface area contributed by atoms with Crippen molar-refractivity contribution in [1.82, 2.24) is 10.2 Å². The van der Waals surface area contributed by atoms with Crippen LogP contribution in [0.3, 0.4) is 0 Å². The molecule has 0 aromatic heterocycles. The Kier molecular flexibility index (Phi) is 4.60. The predicted octanol–water partition coefficient (Wildman–Crippen LogP) is 1.44. The molecular formula is C14H20BrN3O. The minimum atomic E-state index is -0.692. The van der Waals surface area contributed by atoms with E-state index in [1.165, 1.54) is 0 Å². The number of hydrogen-bond acceptors (Lipinski definition) is 3. The molecule has 1 aliphatic rings. The molecule has 0 spiro atoms. The number of primary amides is 1. The van der Waals surface area contributed by atoms with Crippen molar-refractivity contribution in [2.45, 2.75) is 18.9 Å². The van der Waals surface area contributed by atoms with Crippen molar-refractivity contribution in [3.63, 3.8) is 0 Å². The summed E-state index contributed by atoms with van der Waals surface area (Å²) in [6.07, 6.45) is 0.684. The maximum absolute atomic E-state index is 12.2. The number of carbonyl (C=O) groups excluding carboxylic acids is 1. The normalized spacial score (nSPS) is 19.9. The lowest BCUT2D eigenvalue weighted by Gasteiger charge is -2.43. The van der Waals surface area contributed by atoms with Crippen molar-refractivity contribution >= 4 is 21.8 Å². The second-order valence-electron chi connectivity index (χ2n) is 4.82. The minimum Gasteiger partial charge on any atom is -0.368 e. The summed E-state index contributed by atoms with van der Waals surface area (Å²) in [5.74, 6) is -0.265. The third-order valence-corrected chi connectivity index (χ3v) is 4.43. The number of piperazine rings is 1. The van der Waals surface area contributed by atoms with Crippen molar-refractivity contribution < 1.29 is 4.79 Å². The highest BCUT2D eigenvalue weighted by molar-refractivity contribution is 9.10. The summed E-state index contributed by atoms with van der Waals surface area (Å²) in [6, 6.07) is 7.90. The lowest BCUT2D eigenvalue weighted by atomic mass is 9.84. The highest BCUT2D eigenvalue weighted by Gasteiger charge is 2.42. The second-order valence-corrected chi connectivity index (χ2v) is 5.74. The molecule has 0 bridgehead atoms. The van der Waals surface area contributed by atoms with Crippen LogP contribution in [0.4, 0.5) is 0 Å². The van der Waals surface area contributed by atoms with Gasteiger partial charge >= 0.3 is 0 Å². The highest BCUT2D eigenvalue weighted by Crippen LogP contribution is 2.33. The van der Waals surface area contributed by atoms with E-state index >= 15 is 0 Å². The number of hydrogen-bond donors (Lipinski definition) is 2. The molecule has 1 saturated heterocycles. The summed E-state index contributed by atoms with van der Waals surface area (Å²) in [5.41, 5.74) is 6.06. The van der Waals surface area contributed by atoms with Gasteiger partial charge in [0.2, 0.25) is 5.91 Å². The van der Waals surface area contributed by atoms with Gasteiger partial charge in [0.05, 0.1) is 0 Å². The smallest absolute Gasteiger partial charge is 0.242 e. The summed E-state index contributed by atoms with van der Waals surface area (Å²) in [5, 5.41) is 3.31. The zero-order valence-corrected chi connectivity index (χ0v) is 12.7. The number of amides is 1. The maximum atomic E-state index is 12.2. The monoisotopic (exact) mass is 325 g/mol. The summed E-state index contributed by atoms with van der Waals surface area (Å²) in [7, 11) is 0. The number of nitrogens with zero attached hydrogens (tertiary/aromatic N) is 1. The second kappa shape index (κ2) is 6.03. The fraction of sp³-hybridized carbons (Fsp3) is 0.500. The molecule has 1 aromatic carbocycles. The summed E-state index contributed by atoms with van der Waals surface area (Å²) in [6.45, 7) is 5.49. The van der Waals surface area contributed by atoms with Crippen LogP contribution in [0.2, 0.25) is 0 Å². The molecule has 1 amide bonds. The Morgan fingerprint density at radius 2 is 1.95 bits per heavy atom. The molecule has 0 radical (unpaired) electrons. The molecule has 3 N–H and O–H groups in total. The molecule has 1 unspecified atom stereocenters. The van der Waals surface area contributed by atoms with E-state index in [-0.39, 0.29) is 5.91 Å². The minimum absolute atomic E-state index is 0.265. The first-order chi connectivity index (χ1) is 9.11. The van der Waals surface area contributed by atoms with Gasteiger partial charge in [-0.1, -0.05) is 35.0 Å². The number of halogens is 1. The van der Waals surface area contributed by atoms with E-state index < -0.39 is 5.54 Å². The molecule has 0 aliphatic carbocycles.